The lowest BCUT2D eigenvalue weighted by molar-refractivity contribution is -0.144. The van der Waals surface area contributed by atoms with Crippen molar-refractivity contribution in [2.45, 2.75) is 110 Å². The van der Waals surface area contributed by atoms with Gasteiger partial charge >= 0.3 is 0 Å². The van der Waals surface area contributed by atoms with Crippen molar-refractivity contribution in [3.63, 3.8) is 0 Å². The van der Waals surface area contributed by atoms with Crippen LogP contribution in [-0.4, -0.2) is 114 Å². The molecule has 4 amide bonds. The Hall–Kier alpha value is -2.20. The van der Waals surface area contributed by atoms with E-state index in [0.717, 1.165) is 51.6 Å². The molecule has 0 aromatic carbocycles. The Balaban J connectivity index is 1.74. The first-order valence-corrected chi connectivity index (χ1v) is 14.8. The van der Waals surface area contributed by atoms with E-state index in [0.29, 0.717) is 19.5 Å². The third-order valence-corrected chi connectivity index (χ3v) is 9.02. The maximum Gasteiger partial charge on any atom is 0.245 e. The highest BCUT2D eigenvalue weighted by Crippen LogP contribution is 2.28. The summed E-state index contributed by atoms with van der Waals surface area (Å²) >= 11 is 0. The molecule has 222 valence electrons. The lowest BCUT2D eigenvalue weighted by Crippen LogP contribution is -2.61. The van der Waals surface area contributed by atoms with Crippen molar-refractivity contribution in [2.75, 3.05) is 40.3 Å². The van der Waals surface area contributed by atoms with Crippen molar-refractivity contribution in [3.8, 4) is 0 Å². The van der Waals surface area contributed by atoms with Gasteiger partial charge in [-0.2, -0.15) is 0 Å². The highest BCUT2D eigenvalue weighted by Gasteiger charge is 2.43. The second kappa shape index (κ2) is 13.0. The number of hydrogen-bond donors (Lipinski definition) is 2. The van der Waals surface area contributed by atoms with Crippen molar-refractivity contribution in [2.24, 2.45) is 17.1 Å². The Morgan fingerprint density at radius 1 is 0.923 bits per heavy atom. The SMILES string of the molecule is CC(C)[C@@H](CN1CCC[C@H]1C(=O)N1CCC[C@H]1C(N)=O)N(C)C(=O)[C@@H](NC(=O)[C@H]1CCCCN1C)C(C)(C)C. The Labute approximate surface area is 235 Å². The molecule has 3 heterocycles. The maximum absolute atomic E-state index is 14.0. The molecular formula is C29H52N6O4. The molecule has 3 aliphatic rings. The van der Waals surface area contributed by atoms with Crippen molar-refractivity contribution in [1.29, 1.82) is 0 Å². The monoisotopic (exact) mass is 548 g/mol. The highest BCUT2D eigenvalue weighted by molar-refractivity contribution is 5.91. The summed E-state index contributed by atoms with van der Waals surface area (Å²) in [6.07, 6.45) is 5.93. The van der Waals surface area contributed by atoms with Gasteiger partial charge in [0, 0.05) is 26.2 Å². The van der Waals surface area contributed by atoms with Crippen LogP contribution in [0.15, 0.2) is 0 Å². The smallest absolute Gasteiger partial charge is 0.245 e. The number of primary amides is 1. The number of nitrogens with one attached hydrogen (secondary N) is 1. The molecule has 0 radical (unpaired) electrons. The third-order valence-electron chi connectivity index (χ3n) is 9.02. The van der Waals surface area contributed by atoms with E-state index >= 15 is 0 Å². The Morgan fingerprint density at radius 2 is 1.54 bits per heavy atom. The molecule has 39 heavy (non-hydrogen) atoms. The fourth-order valence-corrected chi connectivity index (χ4v) is 6.52. The highest BCUT2D eigenvalue weighted by atomic mass is 16.2. The topological polar surface area (TPSA) is 119 Å². The Kier molecular flexibility index (Phi) is 10.4. The molecule has 3 aliphatic heterocycles. The van der Waals surface area contributed by atoms with Crippen molar-refractivity contribution >= 4 is 23.6 Å². The molecule has 3 rings (SSSR count). The number of nitrogens with two attached hydrogens (primary N) is 1. The van der Waals surface area contributed by atoms with E-state index in [1.54, 1.807) is 9.80 Å². The van der Waals surface area contributed by atoms with E-state index in [-0.39, 0.29) is 41.8 Å². The predicted molar refractivity (Wildman–Crippen MR) is 152 cm³/mol. The molecule has 3 saturated heterocycles. The third kappa shape index (κ3) is 7.31. The first-order chi connectivity index (χ1) is 18.2. The van der Waals surface area contributed by atoms with Gasteiger partial charge in [-0.15, -0.1) is 0 Å². The summed E-state index contributed by atoms with van der Waals surface area (Å²) in [5.74, 6) is -0.517. The summed E-state index contributed by atoms with van der Waals surface area (Å²) in [6, 6.07) is -1.85. The van der Waals surface area contributed by atoms with E-state index < -0.39 is 23.4 Å². The van der Waals surface area contributed by atoms with Gasteiger partial charge in [-0.1, -0.05) is 41.0 Å². The normalized spacial score (nSPS) is 26.5. The van der Waals surface area contributed by atoms with Gasteiger partial charge in [-0.05, 0) is 70.0 Å². The van der Waals surface area contributed by atoms with Gasteiger partial charge in [0.25, 0.3) is 0 Å². The van der Waals surface area contributed by atoms with E-state index in [2.05, 4.69) is 29.0 Å². The minimum Gasteiger partial charge on any atom is -0.368 e. The zero-order valence-corrected chi connectivity index (χ0v) is 25.2. The summed E-state index contributed by atoms with van der Waals surface area (Å²) in [5.41, 5.74) is 5.11. The van der Waals surface area contributed by atoms with Crippen molar-refractivity contribution < 1.29 is 19.2 Å². The van der Waals surface area contributed by atoms with Crippen LogP contribution in [-0.2, 0) is 19.2 Å². The van der Waals surface area contributed by atoms with Gasteiger partial charge in [0.15, 0.2) is 0 Å². The van der Waals surface area contributed by atoms with E-state index in [1.807, 2.05) is 34.9 Å². The predicted octanol–water partition coefficient (Wildman–Crippen LogP) is 1.43. The van der Waals surface area contributed by atoms with Crippen LogP contribution in [0.5, 0.6) is 0 Å². The lowest BCUT2D eigenvalue weighted by atomic mass is 9.84. The number of hydrogen-bond acceptors (Lipinski definition) is 6. The number of carbonyl (C=O) groups is 4. The van der Waals surface area contributed by atoms with Crippen LogP contribution in [0.25, 0.3) is 0 Å². The molecule has 0 aromatic heterocycles. The van der Waals surface area contributed by atoms with Gasteiger partial charge in [0.2, 0.25) is 23.6 Å². The van der Waals surface area contributed by atoms with Crippen LogP contribution >= 0.6 is 0 Å². The molecule has 0 bridgehead atoms. The summed E-state index contributed by atoms with van der Waals surface area (Å²) in [7, 11) is 3.79. The van der Waals surface area contributed by atoms with Crippen LogP contribution in [0.3, 0.4) is 0 Å². The number of amides is 4. The molecule has 3 fully saturated rings. The summed E-state index contributed by atoms with van der Waals surface area (Å²) in [5, 5.41) is 3.11. The van der Waals surface area contributed by atoms with Crippen LogP contribution in [0.4, 0.5) is 0 Å². The van der Waals surface area contributed by atoms with Crippen molar-refractivity contribution in [3.05, 3.63) is 0 Å². The fourth-order valence-electron chi connectivity index (χ4n) is 6.52. The molecule has 10 heteroatoms. The molecule has 3 N–H and O–H groups in total. The van der Waals surface area contributed by atoms with E-state index in [4.69, 9.17) is 5.73 Å². The van der Waals surface area contributed by atoms with Gasteiger partial charge in [0.1, 0.15) is 12.1 Å². The first kappa shape index (κ1) is 31.3. The molecular weight excluding hydrogens is 496 g/mol. The summed E-state index contributed by atoms with van der Waals surface area (Å²) in [4.78, 5) is 60.4. The van der Waals surface area contributed by atoms with Crippen molar-refractivity contribution in [1.82, 2.24) is 24.9 Å². The molecule has 10 nitrogen and oxygen atoms in total. The molecule has 0 spiro atoms. The number of rotatable bonds is 9. The molecule has 0 unspecified atom stereocenters. The number of likely N-dealkylation sites (N-methyl/N-ethyl adjacent to an activating group) is 2. The zero-order valence-electron chi connectivity index (χ0n) is 25.2. The number of carbonyl (C=O) groups excluding carboxylic acids is 4. The second-order valence-electron chi connectivity index (χ2n) is 13.3. The zero-order chi connectivity index (χ0) is 29.1. The molecule has 0 saturated carbocycles. The van der Waals surface area contributed by atoms with Crippen LogP contribution in [0, 0.1) is 11.3 Å². The number of likely N-dealkylation sites (tertiary alicyclic amines) is 3. The maximum atomic E-state index is 14.0. The number of piperidine rings is 1. The Bertz CT molecular complexity index is 903. The van der Waals surface area contributed by atoms with E-state index in [1.165, 1.54) is 0 Å². The average molecular weight is 549 g/mol. The molecule has 5 atom stereocenters. The quantitative estimate of drug-likeness (QED) is 0.450. The van der Waals surface area contributed by atoms with Crippen LogP contribution in [0.2, 0.25) is 0 Å². The number of nitrogens with zero attached hydrogens (tertiary/aromatic N) is 4. The van der Waals surface area contributed by atoms with Gasteiger partial charge in [-0.25, -0.2) is 0 Å². The van der Waals surface area contributed by atoms with E-state index in [9.17, 15) is 19.2 Å². The van der Waals surface area contributed by atoms with Crippen LogP contribution in [0.1, 0.15) is 79.6 Å². The Morgan fingerprint density at radius 3 is 2.13 bits per heavy atom. The van der Waals surface area contributed by atoms with Gasteiger partial charge in [0.05, 0.1) is 12.1 Å². The summed E-state index contributed by atoms with van der Waals surface area (Å²) < 4.78 is 0. The first-order valence-electron chi connectivity index (χ1n) is 14.8. The largest absolute Gasteiger partial charge is 0.368 e. The van der Waals surface area contributed by atoms with Gasteiger partial charge < -0.3 is 20.9 Å². The summed E-state index contributed by atoms with van der Waals surface area (Å²) in [6.45, 7) is 12.9. The fraction of sp³-hybridized carbons (Fsp3) is 0.862. The van der Waals surface area contributed by atoms with Crippen LogP contribution < -0.4 is 11.1 Å². The lowest BCUT2D eigenvalue weighted by Gasteiger charge is -2.41. The standard InChI is InChI=1S/C29H52N6O4/c1-19(2)23(18-34-16-10-14-22(34)27(38)35-17-11-13-20(35)25(30)36)33(7)28(39)24(29(3,4)5)31-26(37)21-12-8-9-15-32(21)6/h19-24H,8-18H2,1-7H3,(H2,30,36)(H,31,37)/t20-,21+,22-,23+,24+/m0/s1. The minimum atomic E-state index is -0.663. The minimum absolute atomic E-state index is 0.0262. The molecule has 0 aliphatic carbocycles. The second-order valence-corrected chi connectivity index (χ2v) is 13.3. The molecule has 0 aromatic rings. The average Bonchev–Trinajstić information content (AvgIpc) is 3.54. The van der Waals surface area contributed by atoms with Gasteiger partial charge in [-0.3, -0.25) is 29.0 Å².